The van der Waals surface area contributed by atoms with E-state index in [2.05, 4.69) is 28.6 Å². The molecule has 2 N–H and O–H groups in total. The lowest BCUT2D eigenvalue weighted by atomic mass is 9.55. The fourth-order valence-corrected chi connectivity index (χ4v) is 5.95. The van der Waals surface area contributed by atoms with Crippen molar-refractivity contribution in [1.29, 1.82) is 0 Å². The average Bonchev–Trinajstić information content (AvgIpc) is 2.87. The summed E-state index contributed by atoms with van der Waals surface area (Å²) >= 11 is 0. The molecule has 2 aromatic carbocycles. The van der Waals surface area contributed by atoms with Crippen molar-refractivity contribution < 1.29 is 27.8 Å². The van der Waals surface area contributed by atoms with E-state index >= 15 is 0 Å². The van der Waals surface area contributed by atoms with Gasteiger partial charge in [0.15, 0.2) is 0 Å². The summed E-state index contributed by atoms with van der Waals surface area (Å²) in [7, 11) is 1.73. The Morgan fingerprint density at radius 1 is 1.27 bits per heavy atom. The van der Waals surface area contributed by atoms with Crippen LogP contribution in [-0.2, 0) is 21.1 Å². The third kappa shape index (κ3) is 5.53. The third-order valence-corrected chi connectivity index (χ3v) is 7.74. The molecule has 2 aliphatic rings. The number of likely N-dealkylation sites (tertiary alicyclic amines) is 1. The highest BCUT2D eigenvalue weighted by Gasteiger charge is 2.58. The summed E-state index contributed by atoms with van der Waals surface area (Å²) in [6, 6.07) is 11.5. The number of nitrogens with one attached hydrogen (secondary N) is 1. The summed E-state index contributed by atoms with van der Waals surface area (Å²) in [6.07, 6.45) is 0.233. The van der Waals surface area contributed by atoms with Crippen molar-refractivity contribution in [2.75, 3.05) is 26.7 Å². The van der Waals surface area contributed by atoms with Crippen LogP contribution in [0.3, 0.4) is 0 Å². The van der Waals surface area contributed by atoms with Gasteiger partial charge in [0.25, 0.3) is 5.91 Å². The monoisotopic (exact) mass is 512 g/mol. The standard InChI is InChI=1S/C29H31F3N2O3/c1-3-16-34-17-15-27(23-5-4-6-25(35)18-23)19-24(13-14-28(27,20-34)37-2)33-26(36)12-9-21-7-10-22(11-8-21)29(30,31)32/h3-8,10-11,18,24,35H,1,13-17,19-20H2,2H3,(H,33,36)/t24-,27-,28-/m0/s1. The van der Waals surface area contributed by atoms with Crippen LogP contribution >= 0.6 is 0 Å². The number of benzene rings is 2. The minimum atomic E-state index is -4.42. The number of rotatable bonds is 5. The largest absolute Gasteiger partial charge is 0.508 e. The maximum atomic E-state index is 12.8. The van der Waals surface area contributed by atoms with E-state index in [1.54, 1.807) is 19.2 Å². The van der Waals surface area contributed by atoms with Crippen LogP contribution in [0, 0.1) is 11.8 Å². The number of carbonyl (C=O) groups is 1. The van der Waals surface area contributed by atoms with Crippen molar-refractivity contribution in [2.24, 2.45) is 0 Å². The maximum absolute atomic E-state index is 12.8. The molecule has 2 aromatic rings. The Labute approximate surface area is 215 Å². The molecule has 0 unspecified atom stereocenters. The number of phenolic OH excluding ortho intramolecular Hbond substituents is 1. The number of hydrogen-bond donors (Lipinski definition) is 2. The fraction of sp³-hybridized carbons (Fsp3) is 0.414. The molecule has 37 heavy (non-hydrogen) atoms. The highest BCUT2D eigenvalue weighted by atomic mass is 19.4. The summed E-state index contributed by atoms with van der Waals surface area (Å²) in [5.74, 6) is 4.86. The van der Waals surface area contributed by atoms with Gasteiger partial charge in [-0.25, -0.2) is 0 Å². The number of aromatic hydroxyl groups is 1. The summed E-state index contributed by atoms with van der Waals surface area (Å²) in [4.78, 5) is 15.0. The second-order valence-corrected chi connectivity index (χ2v) is 9.84. The lowest BCUT2D eigenvalue weighted by Crippen LogP contribution is -2.67. The molecular weight excluding hydrogens is 481 g/mol. The van der Waals surface area contributed by atoms with E-state index in [0.717, 1.165) is 37.2 Å². The van der Waals surface area contributed by atoms with E-state index in [9.17, 15) is 23.1 Å². The SMILES string of the molecule is C=CCN1CC[C@@]2(c3cccc(O)c3)C[C@@H](NC(=O)C#Cc3ccc(C(F)(F)F)cc3)CC[C@]2(OC)C1. The molecule has 1 heterocycles. The zero-order chi connectivity index (χ0) is 26.7. The van der Waals surface area contributed by atoms with Crippen molar-refractivity contribution in [1.82, 2.24) is 10.2 Å². The summed E-state index contributed by atoms with van der Waals surface area (Å²) in [5.41, 5.74) is -0.397. The molecule has 1 saturated carbocycles. The van der Waals surface area contributed by atoms with Gasteiger partial charge < -0.3 is 15.2 Å². The smallest absolute Gasteiger partial charge is 0.416 e. The Hall–Kier alpha value is -3.28. The van der Waals surface area contributed by atoms with Crippen molar-refractivity contribution in [3.63, 3.8) is 0 Å². The first-order valence-corrected chi connectivity index (χ1v) is 12.3. The molecule has 0 radical (unpaired) electrons. The predicted molar refractivity (Wildman–Crippen MR) is 135 cm³/mol. The van der Waals surface area contributed by atoms with Gasteiger partial charge in [-0.15, -0.1) is 6.58 Å². The fourth-order valence-electron chi connectivity index (χ4n) is 5.95. The van der Waals surface area contributed by atoms with Gasteiger partial charge >= 0.3 is 6.18 Å². The van der Waals surface area contributed by atoms with Crippen LogP contribution in [0.4, 0.5) is 13.2 Å². The highest BCUT2D eigenvalue weighted by Crippen LogP contribution is 2.53. The number of amides is 1. The second-order valence-electron chi connectivity index (χ2n) is 9.84. The summed E-state index contributed by atoms with van der Waals surface area (Å²) < 4.78 is 44.6. The molecule has 0 bridgehead atoms. The van der Waals surface area contributed by atoms with E-state index in [0.29, 0.717) is 31.4 Å². The topological polar surface area (TPSA) is 61.8 Å². The van der Waals surface area contributed by atoms with Gasteiger partial charge in [0.1, 0.15) is 5.75 Å². The first-order chi connectivity index (χ1) is 17.6. The van der Waals surface area contributed by atoms with Crippen LogP contribution in [0.5, 0.6) is 5.75 Å². The molecule has 1 amide bonds. The summed E-state index contributed by atoms with van der Waals surface area (Å²) in [5, 5.41) is 13.3. The lowest BCUT2D eigenvalue weighted by Gasteiger charge is -2.59. The average molecular weight is 513 g/mol. The number of nitrogens with zero attached hydrogens (tertiary/aromatic N) is 1. The van der Waals surface area contributed by atoms with Crippen LogP contribution in [0.15, 0.2) is 61.2 Å². The summed E-state index contributed by atoms with van der Waals surface area (Å²) in [6.45, 7) is 6.15. The van der Waals surface area contributed by atoms with Gasteiger partial charge in [-0.2, -0.15) is 13.2 Å². The number of ether oxygens (including phenoxy) is 1. The maximum Gasteiger partial charge on any atom is 0.416 e. The van der Waals surface area contributed by atoms with Crippen molar-refractivity contribution >= 4 is 5.91 Å². The first kappa shape index (κ1) is 26.8. The molecule has 1 saturated heterocycles. The number of halogens is 3. The Kier molecular flexibility index (Phi) is 7.67. The van der Waals surface area contributed by atoms with E-state index in [1.807, 2.05) is 18.2 Å². The van der Waals surface area contributed by atoms with Gasteiger partial charge in [-0.1, -0.05) is 24.1 Å². The van der Waals surface area contributed by atoms with Crippen LogP contribution in [0.2, 0.25) is 0 Å². The molecule has 1 aliphatic carbocycles. The zero-order valence-electron chi connectivity index (χ0n) is 20.8. The van der Waals surface area contributed by atoms with Gasteiger partial charge in [0.05, 0.1) is 11.2 Å². The van der Waals surface area contributed by atoms with E-state index in [1.165, 1.54) is 12.1 Å². The second kappa shape index (κ2) is 10.6. The third-order valence-electron chi connectivity index (χ3n) is 7.74. The Morgan fingerprint density at radius 3 is 2.68 bits per heavy atom. The van der Waals surface area contributed by atoms with Crippen LogP contribution in [-0.4, -0.2) is 54.3 Å². The number of piperidine rings is 1. The highest BCUT2D eigenvalue weighted by molar-refractivity contribution is 5.94. The van der Waals surface area contributed by atoms with Crippen molar-refractivity contribution in [3.05, 3.63) is 77.9 Å². The quantitative estimate of drug-likeness (QED) is 0.453. The van der Waals surface area contributed by atoms with Crippen LogP contribution < -0.4 is 5.32 Å². The number of hydrogen-bond acceptors (Lipinski definition) is 4. The van der Waals surface area contributed by atoms with Gasteiger partial charge in [0, 0.05) is 43.1 Å². The van der Waals surface area contributed by atoms with E-state index < -0.39 is 28.7 Å². The number of methoxy groups -OCH3 is 1. The molecule has 0 aromatic heterocycles. The number of phenols is 1. The molecule has 2 fully saturated rings. The minimum Gasteiger partial charge on any atom is -0.508 e. The first-order valence-electron chi connectivity index (χ1n) is 12.3. The normalized spacial score (nSPS) is 25.9. The Bertz CT molecular complexity index is 1200. The molecule has 4 rings (SSSR count). The molecule has 3 atom stereocenters. The molecule has 8 heteroatoms. The van der Waals surface area contributed by atoms with Gasteiger partial charge in [-0.05, 0) is 74.2 Å². The van der Waals surface area contributed by atoms with Gasteiger partial charge in [-0.3, -0.25) is 9.69 Å². The number of carbonyl (C=O) groups excluding carboxylic acids is 1. The molecule has 1 aliphatic heterocycles. The molecule has 0 spiro atoms. The number of alkyl halides is 3. The molecule has 5 nitrogen and oxygen atoms in total. The Balaban J connectivity index is 1.55. The van der Waals surface area contributed by atoms with Gasteiger partial charge in [0.2, 0.25) is 0 Å². The molecule has 196 valence electrons. The van der Waals surface area contributed by atoms with Crippen molar-refractivity contribution in [2.45, 2.75) is 48.9 Å². The minimum absolute atomic E-state index is 0.175. The van der Waals surface area contributed by atoms with Crippen LogP contribution in [0.1, 0.15) is 42.4 Å². The predicted octanol–water partition coefficient (Wildman–Crippen LogP) is 4.65. The van der Waals surface area contributed by atoms with Crippen LogP contribution in [0.25, 0.3) is 0 Å². The van der Waals surface area contributed by atoms with E-state index in [4.69, 9.17) is 4.74 Å². The van der Waals surface area contributed by atoms with E-state index in [-0.39, 0.29) is 11.8 Å². The number of fused-ring (bicyclic) bond motifs is 1. The lowest BCUT2D eigenvalue weighted by molar-refractivity contribution is -0.148. The zero-order valence-corrected chi connectivity index (χ0v) is 20.8. The Morgan fingerprint density at radius 2 is 2.03 bits per heavy atom. The van der Waals surface area contributed by atoms with Crippen molar-refractivity contribution in [3.8, 4) is 17.6 Å². The molecular formula is C29H31F3N2O3.